The molecule has 0 bridgehead atoms. The first kappa shape index (κ1) is 20.0. The van der Waals surface area contributed by atoms with Crippen LogP contribution in [0.5, 0.6) is 0 Å². The first-order chi connectivity index (χ1) is 14.6. The fraction of sp³-hybridized carbons (Fsp3) is 0.333. The zero-order valence-corrected chi connectivity index (χ0v) is 17.2. The normalized spacial score (nSPS) is 16.4. The maximum atomic E-state index is 13.0. The molecule has 156 valence electrons. The van der Waals surface area contributed by atoms with Gasteiger partial charge in [-0.3, -0.25) is 4.79 Å². The van der Waals surface area contributed by atoms with Crippen molar-refractivity contribution in [2.24, 2.45) is 7.05 Å². The Hall–Kier alpha value is -3.28. The fourth-order valence-corrected chi connectivity index (χ4v) is 4.07. The third kappa shape index (κ3) is 4.32. The average Bonchev–Trinajstić information content (AvgIpc) is 3.46. The summed E-state index contributed by atoms with van der Waals surface area (Å²) in [6.45, 7) is 1.05. The van der Waals surface area contributed by atoms with Crippen LogP contribution in [0.2, 0.25) is 0 Å². The second-order valence-corrected chi connectivity index (χ2v) is 7.72. The second-order valence-electron chi connectivity index (χ2n) is 7.72. The molecule has 0 spiro atoms. The van der Waals surface area contributed by atoms with E-state index >= 15 is 0 Å². The molecular formula is C24H27N3O3. The van der Waals surface area contributed by atoms with Gasteiger partial charge in [0.05, 0.1) is 12.2 Å². The standard InChI is InChI=1S/C24H27N3O3/c1-25-13-7-11-22(25)23(28)27-16-3-2-9-20(27)12-17-30-24(29)19-8-6-10-21(18-19)26-14-4-5-15-26/h4-8,10-11,13-15,18,20H,2-3,9,12,16-17H2,1H3. The van der Waals surface area contributed by atoms with Crippen molar-refractivity contribution in [2.45, 2.75) is 31.7 Å². The molecule has 2 aromatic heterocycles. The van der Waals surface area contributed by atoms with E-state index in [0.29, 0.717) is 24.3 Å². The minimum Gasteiger partial charge on any atom is -0.462 e. The number of carbonyl (C=O) groups excluding carboxylic acids is 2. The highest BCUT2D eigenvalue weighted by Gasteiger charge is 2.28. The van der Waals surface area contributed by atoms with Crippen LogP contribution in [-0.2, 0) is 11.8 Å². The number of benzene rings is 1. The number of aromatic nitrogens is 2. The molecule has 1 saturated heterocycles. The molecule has 0 radical (unpaired) electrons. The number of aryl methyl sites for hydroxylation is 1. The van der Waals surface area contributed by atoms with Crippen LogP contribution in [0, 0.1) is 0 Å². The molecule has 0 saturated carbocycles. The van der Waals surface area contributed by atoms with Gasteiger partial charge in [0.2, 0.25) is 0 Å². The van der Waals surface area contributed by atoms with E-state index in [1.165, 1.54) is 0 Å². The number of amides is 1. The Morgan fingerprint density at radius 3 is 2.63 bits per heavy atom. The summed E-state index contributed by atoms with van der Waals surface area (Å²) >= 11 is 0. The topological polar surface area (TPSA) is 56.5 Å². The molecule has 1 amide bonds. The first-order valence-electron chi connectivity index (χ1n) is 10.5. The van der Waals surface area contributed by atoms with Crippen molar-refractivity contribution >= 4 is 11.9 Å². The van der Waals surface area contributed by atoms with Crippen molar-refractivity contribution in [1.29, 1.82) is 0 Å². The Morgan fingerprint density at radius 2 is 1.87 bits per heavy atom. The highest BCUT2D eigenvalue weighted by Crippen LogP contribution is 2.22. The van der Waals surface area contributed by atoms with Gasteiger partial charge in [0.1, 0.15) is 5.69 Å². The van der Waals surface area contributed by atoms with Crippen LogP contribution in [-0.4, -0.2) is 45.1 Å². The molecule has 3 heterocycles. The van der Waals surface area contributed by atoms with Crippen LogP contribution >= 0.6 is 0 Å². The SMILES string of the molecule is Cn1cccc1C(=O)N1CCCCC1CCOC(=O)c1cccc(-n2cccc2)c1. The Morgan fingerprint density at radius 1 is 1.03 bits per heavy atom. The Labute approximate surface area is 176 Å². The maximum absolute atomic E-state index is 13.0. The van der Waals surface area contributed by atoms with Crippen LogP contribution in [0.25, 0.3) is 5.69 Å². The average molecular weight is 405 g/mol. The molecule has 4 rings (SSSR count). The molecule has 0 N–H and O–H groups in total. The number of rotatable bonds is 6. The molecule has 1 aliphatic heterocycles. The highest BCUT2D eigenvalue weighted by atomic mass is 16.5. The summed E-state index contributed by atoms with van der Waals surface area (Å²) in [6.07, 6.45) is 9.45. The first-order valence-corrected chi connectivity index (χ1v) is 10.5. The summed E-state index contributed by atoms with van der Waals surface area (Å²) in [5, 5.41) is 0. The molecule has 6 heteroatoms. The van der Waals surface area contributed by atoms with Crippen LogP contribution < -0.4 is 0 Å². The Balaban J connectivity index is 1.36. The van der Waals surface area contributed by atoms with Gasteiger partial charge in [-0.25, -0.2) is 4.79 Å². The van der Waals surface area contributed by atoms with Crippen molar-refractivity contribution in [3.63, 3.8) is 0 Å². The van der Waals surface area contributed by atoms with Crippen LogP contribution in [0.15, 0.2) is 67.1 Å². The number of carbonyl (C=O) groups is 2. The lowest BCUT2D eigenvalue weighted by molar-refractivity contribution is 0.0406. The monoisotopic (exact) mass is 405 g/mol. The van der Waals surface area contributed by atoms with Crippen molar-refractivity contribution in [3.05, 3.63) is 78.4 Å². The van der Waals surface area contributed by atoms with Crippen LogP contribution in [0.4, 0.5) is 0 Å². The summed E-state index contributed by atoms with van der Waals surface area (Å²) in [4.78, 5) is 27.4. The Kier molecular flexibility index (Phi) is 6.02. The largest absolute Gasteiger partial charge is 0.462 e. The molecule has 1 aliphatic rings. The molecule has 1 atom stereocenters. The highest BCUT2D eigenvalue weighted by molar-refractivity contribution is 5.93. The summed E-state index contributed by atoms with van der Waals surface area (Å²) in [6, 6.07) is 15.1. The van der Waals surface area contributed by atoms with Crippen molar-refractivity contribution in [2.75, 3.05) is 13.2 Å². The van der Waals surface area contributed by atoms with E-state index < -0.39 is 0 Å². The molecule has 30 heavy (non-hydrogen) atoms. The van der Waals surface area contributed by atoms with E-state index in [9.17, 15) is 9.59 Å². The summed E-state index contributed by atoms with van der Waals surface area (Å²) in [7, 11) is 1.88. The number of esters is 1. The minimum atomic E-state index is -0.333. The lowest BCUT2D eigenvalue weighted by Crippen LogP contribution is -2.44. The number of hydrogen-bond acceptors (Lipinski definition) is 3. The van der Waals surface area contributed by atoms with Gasteiger partial charge in [-0.1, -0.05) is 6.07 Å². The summed E-state index contributed by atoms with van der Waals surface area (Å²) in [5.74, 6) is -0.280. The smallest absolute Gasteiger partial charge is 0.338 e. The lowest BCUT2D eigenvalue weighted by Gasteiger charge is -2.35. The molecule has 3 aromatic rings. The molecule has 0 aliphatic carbocycles. The van der Waals surface area contributed by atoms with Crippen molar-refractivity contribution < 1.29 is 14.3 Å². The van der Waals surface area contributed by atoms with Gasteiger partial charge in [0.15, 0.2) is 0 Å². The third-order valence-electron chi connectivity index (χ3n) is 5.72. The van der Waals surface area contributed by atoms with E-state index in [0.717, 1.165) is 31.5 Å². The minimum absolute atomic E-state index is 0.0537. The maximum Gasteiger partial charge on any atom is 0.338 e. The van der Waals surface area contributed by atoms with Gasteiger partial charge in [0, 0.05) is 50.3 Å². The van der Waals surface area contributed by atoms with Gasteiger partial charge in [-0.05, 0) is 61.7 Å². The molecule has 6 nitrogen and oxygen atoms in total. The van der Waals surface area contributed by atoms with Gasteiger partial charge in [0.25, 0.3) is 5.91 Å². The van der Waals surface area contributed by atoms with Gasteiger partial charge in [-0.2, -0.15) is 0 Å². The summed E-state index contributed by atoms with van der Waals surface area (Å²) < 4.78 is 9.36. The molecule has 1 unspecified atom stereocenters. The number of piperidine rings is 1. The predicted molar refractivity (Wildman–Crippen MR) is 115 cm³/mol. The lowest BCUT2D eigenvalue weighted by atomic mass is 9.99. The Bertz CT molecular complexity index is 1010. The molecule has 1 aromatic carbocycles. The van der Waals surface area contributed by atoms with Crippen LogP contribution in [0.1, 0.15) is 46.5 Å². The number of likely N-dealkylation sites (tertiary alicyclic amines) is 1. The van der Waals surface area contributed by atoms with E-state index in [-0.39, 0.29) is 17.9 Å². The van der Waals surface area contributed by atoms with Crippen molar-refractivity contribution in [1.82, 2.24) is 14.0 Å². The van der Waals surface area contributed by atoms with Gasteiger partial charge >= 0.3 is 5.97 Å². The second kappa shape index (κ2) is 9.03. The van der Waals surface area contributed by atoms with E-state index in [2.05, 4.69) is 0 Å². The van der Waals surface area contributed by atoms with Gasteiger partial charge < -0.3 is 18.8 Å². The molecular weight excluding hydrogens is 378 g/mol. The third-order valence-corrected chi connectivity index (χ3v) is 5.72. The molecule has 1 fully saturated rings. The zero-order chi connectivity index (χ0) is 20.9. The summed E-state index contributed by atoms with van der Waals surface area (Å²) in [5.41, 5.74) is 2.14. The quantitative estimate of drug-likeness (QED) is 0.581. The zero-order valence-electron chi connectivity index (χ0n) is 17.2. The fourth-order valence-electron chi connectivity index (χ4n) is 4.07. The number of hydrogen-bond donors (Lipinski definition) is 0. The van der Waals surface area contributed by atoms with E-state index in [4.69, 9.17) is 4.74 Å². The van der Waals surface area contributed by atoms with E-state index in [1.807, 2.05) is 82.1 Å². The van der Waals surface area contributed by atoms with Crippen LogP contribution in [0.3, 0.4) is 0 Å². The van der Waals surface area contributed by atoms with Gasteiger partial charge in [-0.15, -0.1) is 0 Å². The van der Waals surface area contributed by atoms with Crippen molar-refractivity contribution in [3.8, 4) is 5.69 Å². The number of ether oxygens (including phenoxy) is 1. The number of nitrogens with zero attached hydrogens (tertiary/aromatic N) is 3. The predicted octanol–water partition coefficient (Wildman–Crippen LogP) is 4.06. The van der Waals surface area contributed by atoms with E-state index in [1.54, 1.807) is 6.07 Å².